The highest BCUT2D eigenvalue weighted by atomic mass is 32.2. The number of rotatable bonds is 18. The molecule has 0 rings (SSSR count). The van der Waals surface area contributed by atoms with Gasteiger partial charge in [0, 0.05) is 6.42 Å². The van der Waals surface area contributed by atoms with Crippen LogP contribution in [-0.2, 0) is 28.8 Å². The molecule has 0 aromatic carbocycles. The van der Waals surface area contributed by atoms with E-state index in [0.29, 0.717) is 17.9 Å². The van der Waals surface area contributed by atoms with Crippen molar-refractivity contribution in [3.8, 4) is 0 Å². The second-order valence-electron chi connectivity index (χ2n) is 7.37. The van der Waals surface area contributed by atoms with Gasteiger partial charge in [0.25, 0.3) is 0 Å². The van der Waals surface area contributed by atoms with E-state index in [1.54, 1.807) is 6.26 Å². The number of amides is 5. The fraction of sp³-hybridized carbons (Fsp3) is 0.684. The van der Waals surface area contributed by atoms with Gasteiger partial charge < -0.3 is 38.3 Å². The number of nitrogens with one attached hydrogen (secondary N) is 3. The Morgan fingerprint density at radius 1 is 0.735 bits per heavy atom. The lowest BCUT2D eigenvalue weighted by Crippen LogP contribution is -2.57. The van der Waals surface area contributed by atoms with Gasteiger partial charge in [0.2, 0.25) is 29.5 Å². The van der Waals surface area contributed by atoms with Gasteiger partial charge in [-0.3, -0.25) is 24.0 Å². The molecular formula is C19H34N6O7S2. The first-order valence-corrected chi connectivity index (χ1v) is 13.2. The lowest BCUT2D eigenvalue weighted by molar-refractivity contribution is -0.143. The van der Waals surface area contributed by atoms with Crippen LogP contribution >= 0.6 is 23.5 Å². The SMILES string of the molecule is CSCCC(N)C(=O)NC(CCC(N)=O)C(=O)NC(CCSC)C(=O)NC(CC(N)=O)C(=O)O. The molecule has 0 aromatic rings. The number of aliphatic carboxylic acids is 1. The van der Waals surface area contributed by atoms with E-state index < -0.39 is 66.1 Å². The highest BCUT2D eigenvalue weighted by Gasteiger charge is 2.30. The summed E-state index contributed by atoms with van der Waals surface area (Å²) >= 11 is 2.88. The fourth-order valence-electron chi connectivity index (χ4n) is 2.66. The summed E-state index contributed by atoms with van der Waals surface area (Å²) < 4.78 is 0. The summed E-state index contributed by atoms with van der Waals surface area (Å²) in [4.78, 5) is 71.6. The molecule has 34 heavy (non-hydrogen) atoms. The average Bonchev–Trinajstić information content (AvgIpc) is 2.76. The molecule has 13 nitrogen and oxygen atoms in total. The molecule has 15 heteroatoms. The number of carboxylic acids is 1. The summed E-state index contributed by atoms with van der Waals surface area (Å²) in [7, 11) is 0. The maximum absolute atomic E-state index is 12.9. The van der Waals surface area contributed by atoms with E-state index in [9.17, 15) is 33.9 Å². The van der Waals surface area contributed by atoms with Crippen molar-refractivity contribution in [1.82, 2.24) is 16.0 Å². The van der Waals surface area contributed by atoms with Crippen molar-refractivity contribution in [2.24, 2.45) is 17.2 Å². The van der Waals surface area contributed by atoms with Crippen molar-refractivity contribution in [3.05, 3.63) is 0 Å². The van der Waals surface area contributed by atoms with Crippen LogP contribution in [0.1, 0.15) is 32.1 Å². The average molecular weight is 523 g/mol. The maximum atomic E-state index is 12.9. The van der Waals surface area contributed by atoms with Crippen LogP contribution in [0.3, 0.4) is 0 Å². The van der Waals surface area contributed by atoms with Gasteiger partial charge in [0.1, 0.15) is 18.1 Å². The number of thioether (sulfide) groups is 2. The van der Waals surface area contributed by atoms with Crippen molar-refractivity contribution in [2.75, 3.05) is 24.0 Å². The van der Waals surface area contributed by atoms with Crippen LogP contribution in [-0.4, -0.2) is 88.8 Å². The molecule has 0 aliphatic carbocycles. The highest BCUT2D eigenvalue weighted by molar-refractivity contribution is 7.98. The topological polar surface area (TPSA) is 237 Å². The molecule has 0 saturated heterocycles. The van der Waals surface area contributed by atoms with Crippen molar-refractivity contribution >= 4 is 59.0 Å². The number of hydrogen-bond acceptors (Lipinski definition) is 9. The van der Waals surface area contributed by atoms with E-state index in [1.807, 2.05) is 6.26 Å². The minimum Gasteiger partial charge on any atom is -0.480 e. The van der Waals surface area contributed by atoms with E-state index in [-0.39, 0.29) is 19.3 Å². The standard InChI is InChI=1S/C19H34N6O7S2/c1-33-7-5-10(20)16(28)23-11(3-4-14(21)26)17(29)24-12(6-8-34-2)18(30)25-13(19(31)32)9-15(22)27/h10-13H,3-9,20H2,1-2H3,(H2,21,26)(H2,22,27)(H,23,28)(H,24,29)(H,25,30)(H,31,32). The van der Waals surface area contributed by atoms with Crippen LogP contribution in [0.15, 0.2) is 0 Å². The number of carboxylic acid groups (broad SMARTS) is 1. The monoisotopic (exact) mass is 522 g/mol. The van der Waals surface area contributed by atoms with Crippen LogP contribution < -0.4 is 33.2 Å². The minimum atomic E-state index is -1.57. The number of carbonyl (C=O) groups is 6. The fourth-order valence-corrected chi connectivity index (χ4v) is 3.62. The zero-order chi connectivity index (χ0) is 26.3. The predicted molar refractivity (Wildman–Crippen MR) is 130 cm³/mol. The summed E-state index contributed by atoms with van der Waals surface area (Å²) in [5.41, 5.74) is 16.0. The van der Waals surface area contributed by atoms with Gasteiger partial charge in [-0.05, 0) is 43.3 Å². The van der Waals surface area contributed by atoms with Gasteiger partial charge in [0.05, 0.1) is 12.5 Å². The first kappa shape index (κ1) is 31.5. The Hall–Kier alpha value is -2.52. The maximum Gasteiger partial charge on any atom is 0.326 e. The van der Waals surface area contributed by atoms with Crippen LogP contribution in [0.4, 0.5) is 0 Å². The molecule has 0 aliphatic rings. The van der Waals surface area contributed by atoms with Gasteiger partial charge in [0.15, 0.2) is 0 Å². The molecule has 0 radical (unpaired) electrons. The third kappa shape index (κ3) is 13.3. The number of hydrogen-bond donors (Lipinski definition) is 7. The second kappa shape index (κ2) is 17.0. The third-order valence-corrected chi connectivity index (χ3v) is 5.83. The quantitative estimate of drug-likeness (QED) is 0.0998. The summed E-state index contributed by atoms with van der Waals surface area (Å²) in [6.45, 7) is 0. The summed E-state index contributed by atoms with van der Waals surface area (Å²) in [5, 5.41) is 16.4. The Balaban J connectivity index is 5.49. The van der Waals surface area contributed by atoms with Gasteiger partial charge in [-0.1, -0.05) is 0 Å². The molecule has 5 amide bonds. The smallest absolute Gasteiger partial charge is 0.326 e. The Kier molecular flexibility index (Phi) is 15.7. The van der Waals surface area contributed by atoms with Crippen molar-refractivity contribution < 1.29 is 33.9 Å². The zero-order valence-corrected chi connectivity index (χ0v) is 20.8. The molecular weight excluding hydrogens is 488 g/mol. The van der Waals surface area contributed by atoms with E-state index in [1.165, 1.54) is 23.5 Å². The minimum absolute atomic E-state index is 0.127. The third-order valence-electron chi connectivity index (χ3n) is 4.55. The number of carbonyl (C=O) groups excluding carboxylic acids is 5. The van der Waals surface area contributed by atoms with Gasteiger partial charge >= 0.3 is 5.97 Å². The molecule has 0 heterocycles. The van der Waals surface area contributed by atoms with E-state index in [2.05, 4.69) is 16.0 Å². The Morgan fingerprint density at radius 3 is 1.68 bits per heavy atom. The summed E-state index contributed by atoms with van der Waals surface area (Å²) in [6.07, 6.45) is 3.16. The lowest BCUT2D eigenvalue weighted by atomic mass is 10.1. The first-order valence-electron chi connectivity index (χ1n) is 10.4. The number of nitrogens with two attached hydrogens (primary N) is 3. The Labute approximate surface area is 206 Å². The van der Waals surface area contributed by atoms with Gasteiger partial charge in [-0.15, -0.1) is 0 Å². The van der Waals surface area contributed by atoms with Crippen molar-refractivity contribution in [1.29, 1.82) is 0 Å². The highest BCUT2D eigenvalue weighted by Crippen LogP contribution is 2.06. The molecule has 194 valence electrons. The predicted octanol–water partition coefficient (Wildman–Crippen LogP) is -2.50. The zero-order valence-electron chi connectivity index (χ0n) is 19.2. The molecule has 0 aliphatic heterocycles. The molecule has 0 saturated carbocycles. The molecule has 0 spiro atoms. The summed E-state index contributed by atoms with van der Waals surface area (Å²) in [6, 6.07) is -4.82. The van der Waals surface area contributed by atoms with E-state index in [4.69, 9.17) is 17.2 Å². The summed E-state index contributed by atoms with van der Waals surface area (Å²) in [5.74, 6) is -4.23. The van der Waals surface area contributed by atoms with Crippen LogP contribution in [0, 0.1) is 0 Å². The van der Waals surface area contributed by atoms with Crippen LogP contribution in [0.2, 0.25) is 0 Å². The Morgan fingerprint density at radius 2 is 1.21 bits per heavy atom. The Bertz CT molecular complexity index is 740. The molecule has 0 fully saturated rings. The van der Waals surface area contributed by atoms with Crippen molar-refractivity contribution in [2.45, 2.75) is 56.3 Å². The van der Waals surface area contributed by atoms with Gasteiger partial charge in [-0.2, -0.15) is 23.5 Å². The lowest BCUT2D eigenvalue weighted by Gasteiger charge is -2.25. The largest absolute Gasteiger partial charge is 0.480 e. The molecule has 10 N–H and O–H groups in total. The normalized spacial score (nSPS) is 14.2. The molecule has 4 unspecified atom stereocenters. The van der Waals surface area contributed by atoms with Crippen molar-refractivity contribution in [3.63, 3.8) is 0 Å². The van der Waals surface area contributed by atoms with Crippen LogP contribution in [0.25, 0.3) is 0 Å². The molecule has 0 aromatic heterocycles. The molecule has 0 bridgehead atoms. The molecule has 4 atom stereocenters. The van der Waals surface area contributed by atoms with Crippen LogP contribution in [0.5, 0.6) is 0 Å². The van der Waals surface area contributed by atoms with Gasteiger partial charge in [-0.25, -0.2) is 4.79 Å². The second-order valence-corrected chi connectivity index (χ2v) is 9.34. The number of primary amides is 2. The van der Waals surface area contributed by atoms with E-state index in [0.717, 1.165) is 0 Å². The van der Waals surface area contributed by atoms with E-state index >= 15 is 0 Å². The first-order chi connectivity index (χ1) is 15.9.